The minimum absolute atomic E-state index is 0.0225. The number of carbonyl (C=O) groups excluding carboxylic acids is 1. The molecular weight excluding hydrogens is 845 g/mol. The molecule has 372 valence electrons. The van der Waals surface area contributed by atoms with Gasteiger partial charge in [-0.1, -0.05) is 60.1 Å². The van der Waals surface area contributed by atoms with Crippen LogP contribution in [0.25, 0.3) is 0 Å². The molecule has 16 nitrogen and oxygen atoms in total. The van der Waals surface area contributed by atoms with Crippen LogP contribution >= 0.6 is 0 Å². The number of ether oxygens (including phenoxy) is 7. The molecule has 0 radical (unpaired) electrons. The standard InChI is InChI=1S/C49H80O16/c1-22-13-18-49(44(58)59-10)20-19-47(8)26(31(49)23(22)2)11-12-29-46(7)16-15-30(45(5,6)28(46)14-17-48(29,47)9)63-43-40(65-42-37(56)35(54)33(52)25(4)61-42)38(57)39(27(21-50)62-43)64-41-36(55)34(53)32(51)24(3)60-41/h11,22-25,27-43,50-57H,12-21H2,1-10H3/t22-,23+,24+,25+,27-,28+,29-,30+,31+,32+,33+,34-,35-,36-,37-,38+,39-,40-,41+,42+,43+,46+,47-,48-,49+/m1/s1. The highest BCUT2D eigenvalue weighted by Gasteiger charge is 2.70. The average molecular weight is 925 g/mol. The van der Waals surface area contributed by atoms with Crippen LogP contribution < -0.4 is 0 Å². The number of methoxy groups -OCH3 is 1. The third kappa shape index (κ3) is 7.64. The first-order valence-corrected chi connectivity index (χ1v) is 24.5. The van der Waals surface area contributed by atoms with Crippen molar-refractivity contribution in [3.8, 4) is 0 Å². The molecule has 3 saturated heterocycles. The van der Waals surface area contributed by atoms with Gasteiger partial charge >= 0.3 is 5.97 Å². The van der Waals surface area contributed by atoms with E-state index in [1.165, 1.54) is 19.4 Å². The number of esters is 1. The van der Waals surface area contributed by atoms with Crippen molar-refractivity contribution >= 4 is 5.97 Å². The number of aliphatic hydroxyl groups is 8. The maximum atomic E-state index is 13.8. The van der Waals surface area contributed by atoms with Gasteiger partial charge in [0.05, 0.1) is 37.4 Å². The molecule has 3 aliphatic heterocycles. The van der Waals surface area contributed by atoms with E-state index in [9.17, 15) is 45.6 Å². The lowest BCUT2D eigenvalue weighted by Gasteiger charge is -2.71. The van der Waals surface area contributed by atoms with Gasteiger partial charge in [0.1, 0.15) is 61.0 Å². The van der Waals surface area contributed by atoms with Crippen LogP contribution in [0.2, 0.25) is 0 Å². The number of aliphatic hydroxyl groups excluding tert-OH is 8. The van der Waals surface area contributed by atoms with Gasteiger partial charge in [-0.05, 0) is 123 Å². The van der Waals surface area contributed by atoms with E-state index in [2.05, 4.69) is 54.5 Å². The first-order chi connectivity index (χ1) is 30.4. The van der Waals surface area contributed by atoms with Gasteiger partial charge in [-0.2, -0.15) is 0 Å². The highest BCUT2D eigenvalue weighted by atomic mass is 16.8. The summed E-state index contributed by atoms with van der Waals surface area (Å²) in [5.41, 5.74) is 0.351. The minimum Gasteiger partial charge on any atom is -0.469 e. The number of hydrogen-bond donors (Lipinski definition) is 8. The smallest absolute Gasteiger partial charge is 0.312 e. The van der Waals surface area contributed by atoms with E-state index >= 15 is 0 Å². The zero-order valence-corrected chi connectivity index (χ0v) is 40.1. The first-order valence-electron chi connectivity index (χ1n) is 24.5. The summed E-state index contributed by atoms with van der Waals surface area (Å²) in [6.07, 6.45) is -11.7. The van der Waals surface area contributed by atoms with Crippen LogP contribution in [-0.4, -0.2) is 159 Å². The van der Waals surface area contributed by atoms with E-state index in [0.29, 0.717) is 24.2 Å². The van der Waals surface area contributed by atoms with Crippen LogP contribution in [0.1, 0.15) is 120 Å². The summed E-state index contributed by atoms with van der Waals surface area (Å²) >= 11 is 0. The molecule has 3 heterocycles. The van der Waals surface area contributed by atoms with Crippen molar-refractivity contribution < 1.29 is 78.8 Å². The highest BCUT2D eigenvalue weighted by molar-refractivity contribution is 5.78. The molecule has 16 heteroatoms. The van der Waals surface area contributed by atoms with Gasteiger partial charge in [-0.3, -0.25) is 4.79 Å². The molecule has 0 aromatic carbocycles. The molecule has 0 amide bonds. The molecule has 8 rings (SSSR count). The third-order valence-electron chi connectivity index (χ3n) is 19.8. The molecule has 7 fully saturated rings. The average Bonchev–Trinajstić information content (AvgIpc) is 3.26. The SMILES string of the molecule is COC(=O)[C@]12CC[C@@H](C)[C@H](C)[C@H]1C1=CC[C@@H]3[C@@]4(C)CC[C@H](O[C@@H]5O[C@H](CO)[C@@H](O[C@@H]6O[C@@H](C)[C@H](O)[C@@H](O)[C@H]6O)[C@H](O)[C@H]5O[C@@H]5O[C@@H](C)[C@H](O)[C@@H](O)[C@H]5O)C(C)(C)[C@@H]4CC[C@@]3(C)[C@]1(C)CC2. The summed E-state index contributed by atoms with van der Waals surface area (Å²) in [6.45, 7) is 19.0. The largest absolute Gasteiger partial charge is 0.469 e. The summed E-state index contributed by atoms with van der Waals surface area (Å²) in [4.78, 5) is 13.8. The Kier molecular flexibility index (Phi) is 13.7. The topological polar surface area (TPSA) is 244 Å². The summed E-state index contributed by atoms with van der Waals surface area (Å²) < 4.78 is 42.8. The van der Waals surface area contributed by atoms with Gasteiger partial charge in [0, 0.05) is 0 Å². The fraction of sp³-hybridized carbons (Fsp3) is 0.939. The van der Waals surface area contributed by atoms with Crippen molar-refractivity contribution in [2.75, 3.05) is 13.7 Å². The first kappa shape index (κ1) is 50.1. The van der Waals surface area contributed by atoms with Crippen molar-refractivity contribution in [1.82, 2.24) is 0 Å². The number of allylic oxidation sites excluding steroid dienone is 2. The van der Waals surface area contributed by atoms with Gasteiger partial charge in [-0.15, -0.1) is 0 Å². The Hall–Kier alpha value is -1.35. The van der Waals surface area contributed by atoms with Gasteiger partial charge in [0.25, 0.3) is 0 Å². The lowest BCUT2D eigenvalue weighted by Crippen LogP contribution is -2.68. The highest BCUT2D eigenvalue weighted by Crippen LogP contribution is 2.76. The minimum atomic E-state index is -1.73. The number of hydrogen-bond acceptors (Lipinski definition) is 16. The third-order valence-corrected chi connectivity index (χ3v) is 19.8. The van der Waals surface area contributed by atoms with Gasteiger partial charge < -0.3 is 74.0 Å². The molecule has 8 N–H and O–H groups in total. The Labute approximate surface area is 384 Å². The van der Waals surface area contributed by atoms with Gasteiger partial charge in [-0.25, -0.2) is 0 Å². The lowest BCUT2D eigenvalue weighted by atomic mass is 9.33. The van der Waals surface area contributed by atoms with E-state index in [1.807, 2.05) is 0 Å². The Morgan fingerprint density at radius 2 is 1.26 bits per heavy atom. The van der Waals surface area contributed by atoms with E-state index in [0.717, 1.165) is 51.4 Å². The normalized spacial score (nSPS) is 55.4. The van der Waals surface area contributed by atoms with Crippen LogP contribution in [-0.2, 0) is 38.0 Å². The number of rotatable bonds is 8. The molecule has 0 unspecified atom stereocenters. The predicted molar refractivity (Wildman–Crippen MR) is 232 cm³/mol. The summed E-state index contributed by atoms with van der Waals surface area (Å²) in [5, 5.41) is 86.7. The van der Waals surface area contributed by atoms with Crippen LogP contribution in [0.4, 0.5) is 0 Å². The van der Waals surface area contributed by atoms with Crippen LogP contribution in [0.3, 0.4) is 0 Å². The Morgan fingerprint density at radius 3 is 1.85 bits per heavy atom. The molecular formula is C49H80O16. The molecule has 8 aliphatic rings. The van der Waals surface area contributed by atoms with Crippen LogP contribution in [0, 0.1) is 56.7 Å². The maximum Gasteiger partial charge on any atom is 0.312 e. The molecule has 5 aliphatic carbocycles. The Balaban J connectivity index is 1.07. The van der Waals surface area contributed by atoms with Gasteiger partial charge in [0.2, 0.25) is 0 Å². The molecule has 0 aromatic rings. The van der Waals surface area contributed by atoms with Gasteiger partial charge in [0.15, 0.2) is 18.9 Å². The van der Waals surface area contributed by atoms with Crippen molar-refractivity contribution in [3.05, 3.63) is 11.6 Å². The number of fused-ring (bicyclic) bond motifs is 7. The van der Waals surface area contributed by atoms with E-state index in [1.54, 1.807) is 7.11 Å². The number of carbonyl (C=O) groups is 1. The van der Waals surface area contributed by atoms with Crippen molar-refractivity contribution in [1.29, 1.82) is 0 Å². The Bertz CT molecular complexity index is 1760. The fourth-order valence-corrected chi connectivity index (χ4v) is 15.5. The molecule has 0 spiro atoms. The van der Waals surface area contributed by atoms with E-state index < -0.39 is 116 Å². The molecule has 4 saturated carbocycles. The summed E-state index contributed by atoms with van der Waals surface area (Å²) in [6, 6.07) is 0. The summed E-state index contributed by atoms with van der Waals surface area (Å²) in [5.74, 6) is 1.54. The monoisotopic (exact) mass is 925 g/mol. The van der Waals surface area contributed by atoms with Crippen LogP contribution in [0.15, 0.2) is 11.6 Å². The second-order valence-electron chi connectivity index (χ2n) is 23.1. The quantitative estimate of drug-likeness (QED) is 0.0992. The second-order valence-corrected chi connectivity index (χ2v) is 23.1. The fourth-order valence-electron chi connectivity index (χ4n) is 15.5. The second kappa shape index (κ2) is 17.8. The van der Waals surface area contributed by atoms with E-state index in [-0.39, 0.29) is 34.1 Å². The lowest BCUT2D eigenvalue weighted by molar-refractivity contribution is -0.393. The zero-order valence-electron chi connectivity index (χ0n) is 40.1. The molecule has 25 atom stereocenters. The van der Waals surface area contributed by atoms with Crippen molar-refractivity contribution in [2.24, 2.45) is 56.7 Å². The summed E-state index contributed by atoms with van der Waals surface area (Å²) in [7, 11) is 1.54. The zero-order chi connectivity index (χ0) is 47.5. The molecule has 0 aromatic heterocycles. The van der Waals surface area contributed by atoms with Crippen LogP contribution in [0.5, 0.6) is 0 Å². The maximum absolute atomic E-state index is 13.8. The predicted octanol–water partition coefficient (Wildman–Crippen LogP) is 2.71. The van der Waals surface area contributed by atoms with E-state index in [4.69, 9.17) is 33.2 Å². The molecule has 0 bridgehead atoms. The Morgan fingerprint density at radius 1 is 0.662 bits per heavy atom. The van der Waals surface area contributed by atoms with Crippen molar-refractivity contribution in [3.63, 3.8) is 0 Å². The van der Waals surface area contributed by atoms with Crippen molar-refractivity contribution in [2.45, 2.75) is 218 Å². The molecule has 65 heavy (non-hydrogen) atoms.